The first-order chi connectivity index (χ1) is 12.5. The van der Waals surface area contributed by atoms with Gasteiger partial charge in [-0.15, -0.1) is 11.3 Å². The van der Waals surface area contributed by atoms with Gasteiger partial charge in [0, 0.05) is 43.6 Å². The van der Waals surface area contributed by atoms with Gasteiger partial charge in [-0.2, -0.15) is 0 Å². The lowest BCUT2D eigenvalue weighted by Gasteiger charge is -2.37. The summed E-state index contributed by atoms with van der Waals surface area (Å²) in [5, 5.41) is 2.00. The Labute approximate surface area is 157 Å². The van der Waals surface area contributed by atoms with Gasteiger partial charge in [-0.1, -0.05) is 6.07 Å². The number of allylic oxidation sites excluding steroid dienone is 1. The number of nitrogens with zero attached hydrogens (tertiary/aromatic N) is 2. The summed E-state index contributed by atoms with van der Waals surface area (Å²) < 4.78 is 0. The number of hydrogen-bond acceptors (Lipinski definition) is 4. The molecule has 2 amide bonds. The van der Waals surface area contributed by atoms with Crippen molar-refractivity contribution in [2.24, 2.45) is 5.41 Å². The third kappa shape index (κ3) is 2.90. The number of Topliss-reactive ketones (excluding diaryl/α,β-unsaturated/α-hetero) is 1. The van der Waals surface area contributed by atoms with Gasteiger partial charge >= 0.3 is 0 Å². The molecule has 1 aromatic rings. The van der Waals surface area contributed by atoms with E-state index in [1.165, 1.54) is 0 Å². The van der Waals surface area contributed by atoms with Gasteiger partial charge in [0.1, 0.15) is 0 Å². The molecule has 2 saturated heterocycles. The molecule has 3 heterocycles. The van der Waals surface area contributed by atoms with Gasteiger partial charge in [-0.05, 0) is 42.7 Å². The van der Waals surface area contributed by atoms with Crippen molar-refractivity contribution in [3.8, 4) is 0 Å². The maximum atomic E-state index is 12.9. The third-order valence-corrected chi connectivity index (χ3v) is 7.03. The molecule has 2 aliphatic heterocycles. The van der Waals surface area contributed by atoms with E-state index in [1.807, 2.05) is 29.5 Å². The number of carbonyl (C=O) groups is 3. The molecule has 6 heteroatoms. The van der Waals surface area contributed by atoms with Gasteiger partial charge in [0.2, 0.25) is 11.8 Å². The van der Waals surface area contributed by atoms with E-state index in [0.717, 1.165) is 42.7 Å². The molecule has 0 saturated carbocycles. The van der Waals surface area contributed by atoms with Gasteiger partial charge in [-0.25, -0.2) is 0 Å². The Morgan fingerprint density at radius 1 is 1.23 bits per heavy atom. The number of ketones is 1. The van der Waals surface area contributed by atoms with E-state index in [-0.39, 0.29) is 24.0 Å². The van der Waals surface area contributed by atoms with Crippen molar-refractivity contribution in [2.75, 3.05) is 26.7 Å². The lowest BCUT2D eigenvalue weighted by molar-refractivity contribution is -0.144. The zero-order valence-electron chi connectivity index (χ0n) is 15.1. The first-order valence-electron chi connectivity index (χ1n) is 9.33. The van der Waals surface area contributed by atoms with E-state index in [0.29, 0.717) is 25.1 Å². The monoisotopic (exact) mass is 372 g/mol. The van der Waals surface area contributed by atoms with Crippen molar-refractivity contribution in [3.05, 3.63) is 28.0 Å². The second-order valence-corrected chi connectivity index (χ2v) is 8.66. The Morgan fingerprint density at radius 2 is 2.08 bits per heavy atom. The SMILES string of the molecule is CN1CCC[C@@]2(CCN(C(=O)CC3=C(c4cccs4)CCC3=O)C2)C1=O. The molecule has 138 valence electrons. The minimum absolute atomic E-state index is 0.0118. The van der Waals surface area contributed by atoms with Crippen LogP contribution in [0.1, 0.15) is 43.4 Å². The fraction of sp³-hybridized carbons (Fsp3) is 0.550. The van der Waals surface area contributed by atoms with Crippen molar-refractivity contribution in [3.63, 3.8) is 0 Å². The highest BCUT2D eigenvalue weighted by Gasteiger charge is 2.48. The first-order valence-corrected chi connectivity index (χ1v) is 10.2. The van der Waals surface area contributed by atoms with Crippen LogP contribution in [0, 0.1) is 5.41 Å². The minimum atomic E-state index is -0.396. The van der Waals surface area contributed by atoms with E-state index in [1.54, 1.807) is 16.2 Å². The largest absolute Gasteiger partial charge is 0.345 e. The van der Waals surface area contributed by atoms with Crippen LogP contribution in [-0.2, 0) is 14.4 Å². The second kappa shape index (κ2) is 6.65. The summed E-state index contributed by atoms with van der Waals surface area (Å²) in [5.41, 5.74) is 1.33. The summed E-state index contributed by atoms with van der Waals surface area (Å²) in [6, 6.07) is 4.00. The predicted molar refractivity (Wildman–Crippen MR) is 101 cm³/mol. The topological polar surface area (TPSA) is 57.7 Å². The molecule has 0 N–H and O–H groups in total. The number of piperidine rings is 1. The van der Waals surface area contributed by atoms with Gasteiger partial charge in [-0.3, -0.25) is 14.4 Å². The minimum Gasteiger partial charge on any atom is -0.345 e. The average Bonchev–Trinajstić information content (AvgIpc) is 3.35. The molecule has 2 fully saturated rings. The number of hydrogen-bond donors (Lipinski definition) is 0. The fourth-order valence-electron chi connectivity index (χ4n) is 4.63. The van der Waals surface area contributed by atoms with Crippen LogP contribution in [0.2, 0.25) is 0 Å². The highest BCUT2D eigenvalue weighted by molar-refractivity contribution is 7.11. The number of thiophene rings is 1. The maximum absolute atomic E-state index is 12.9. The molecular weight excluding hydrogens is 348 g/mol. The van der Waals surface area contributed by atoms with Gasteiger partial charge < -0.3 is 9.80 Å². The van der Waals surface area contributed by atoms with Crippen LogP contribution in [0.3, 0.4) is 0 Å². The quantitative estimate of drug-likeness (QED) is 0.820. The lowest BCUT2D eigenvalue weighted by atomic mass is 9.78. The van der Waals surface area contributed by atoms with E-state index >= 15 is 0 Å². The molecule has 1 spiro atoms. The van der Waals surface area contributed by atoms with Gasteiger partial charge in [0.25, 0.3) is 0 Å². The molecule has 4 rings (SSSR count). The van der Waals surface area contributed by atoms with Crippen LogP contribution in [0.5, 0.6) is 0 Å². The third-order valence-electron chi connectivity index (χ3n) is 6.11. The second-order valence-electron chi connectivity index (χ2n) is 7.71. The van der Waals surface area contributed by atoms with Crippen LogP contribution >= 0.6 is 11.3 Å². The van der Waals surface area contributed by atoms with Crippen LogP contribution in [0.15, 0.2) is 23.1 Å². The van der Waals surface area contributed by atoms with E-state index in [4.69, 9.17) is 0 Å². The number of likely N-dealkylation sites (tertiary alicyclic amines) is 2. The summed E-state index contributed by atoms with van der Waals surface area (Å²) >= 11 is 1.62. The van der Waals surface area contributed by atoms with E-state index < -0.39 is 5.41 Å². The molecule has 0 unspecified atom stereocenters. The van der Waals surface area contributed by atoms with Crippen molar-refractivity contribution in [2.45, 2.75) is 38.5 Å². The van der Waals surface area contributed by atoms with Crippen molar-refractivity contribution in [1.82, 2.24) is 9.80 Å². The first kappa shape index (κ1) is 17.5. The van der Waals surface area contributed by atoms with E-state index in [2.05, 4.69) is 0 Å². The van der Waals surface area contributed by atoms with Crippen molar-refractivity contribution < 1.29 is 14.4 Å². The summed E-state index contributed by atoms with van der Waals surface area (Å²) in [4.78, 5) is 42.6. The van der Waals surface area contributed by atoms with Crippen LogP contribution in [-0.4, -0.2) is 54.1 Å². The highest BCUT2D eigenvalue weighted by atomic mass is 32.1. The summed E-state index contributed by atoms with van der Waals surface area (Å²) in [5.74, 6) is 0.265. The number of rotatable bonds is 3. The lowest BCUT2D eigenvalue weighted by Crippen LogP contribution is -2.48. The Kier molecular flexibility index (Phi) is 4.47. The Balaban J connectivity index is 1.50. The van der Waals surface area contributed by atoms with E-state index in [9.17, 15) is 14.4 Å². The molecule has 1 atom stereocenters. The smallest absolute Gasteiger partial charge is 0.230 e. The molecule has 0 bridgehead atoms. The van der Waals surface area contributed by atoms with Crippen LogP contribution in [0.4, 0.5) is 0 Å². The molecular formula is C20H24N2O3S. The molecule has 0 aromatic carbocycles. The average molecular weight is 372 g/mol. The predicted octanol–water partition coefficient (Wildman–Crippen LogP) is 2.73. The standard InChI is InChI=1S/C20H24N2O3S/c1-21-9-3-7-20(19(21)25)8-10-22(13-20)18(24)12-15-14(5-6-16(15)23)17-4-2-11-26-17/h2,4,11H,3,5-10,12-13H2,1H3/t20-/m0/s1. The summed E-state index contributed by atoms with van der Waals surface area (Å²) in [7, 11) is 1.85. The molecule has 1 aromatic heterocycles. The fourth-order valence-corrected chi connectivity index (χ4v) is 5.46. The van der Waals surface area contributed by atoms with Gasteiger partial charge in [0.05, 0.1) is 11.8 Å². The molecule has 3 aliphatic rings. The van der Waals surface area contributed by atoms with Crippen LogP contribution < -0.4 is 0 Å². The Hall–Kier alpha value is -1.95. The molecule has 1 aliphatic carbocycles. The molecule has 0 radical (unpaired) electrons. The summed E-state index contributed by atoms with van der Waals surface area (Å²) in [6.07, 6.45) is 4.01. The number of carbonyl (C=O) groups excluding carboxylic acids is 3. The zero-order valence-corrected chi connectivity index (χ0v) is 15.9. The summed E-state index contributed by atoms with van der Waals surface area (Å²) in [6.45, 7) is 1.93. The Bertz CT molecular complexity index is 783. The van der Waals surface area contributed by atoms with Gasteiger partial charge in [0.15, 0.2) is 5.78 Å². The zero-order chi connectivity index (χ0) is 18.3. The van der Waals surface area contributed by atoms with Crippen molar-refractivity contribution in [1.29, 1.82) is 0 Å². The molecule has 5 nitrogen and oxygen atoms in total. The normalized spacial score (nSPS) is 26.5. The number of amides is 2. The molecule has 26 heavy (non-hydrogen) atoms. The Morgan fingerprint density at radius 3 is 2.85 bits per heavy atom. The highest BCUT2D eigenvalue weighted by Crippen LogP contribution is 2.41. The van der Waals surface area contributed by atoms with Crippen LogP contribution in [0.25, 0.3) is 5.57 Å². The van der Waals surface area contributed by atoms with Crippen molar-refractivity contribution >= 4 is 34.5 Å². The maximum Gasteiger partial charge on any atom is 0.230 e.